The summed E-state index contributed by atoms with van der Waals surface area (Å²) in [7, 11) is 0. The lowest BCUT2D eigenvalue weighted by atomic mass is 10.1. The fraction of sp³-hybridized carbons (Fsp3) is 0.778. The Bertz CT molecular complexity index is 558. The maximum atomic E-state index is 5.82. The molecular weight excluding hydrogens is 302 g/mol. The van der Waals surface area contributed by atoms with E-state index in [9.17, 15) is 0 Å². The van der Waals surface area contributed by atoms with E-state index in [0.717, 1.165) is 43.9 Å². The van der Waals surface area contributed by atoms with Crippen LogP contribution in [0.3, 0.4) is 0 Å². The third-order valence-electron chi connectivity index (χ3n) is 5.46. The van der Waals surface area contributed by atoms with E-state index in [0.29, 0.717) is 0 Å². The van der Waals surface area contributed by atoms with Crippen molar-refractivity contribution >= 4 is 5.95 Å². The van der Waals surface area contributed by atoms with Crippen molar-refractivity contribution in [2.45, 2.75) is 51.5 Å². The number of hydrogen-bond donors (Lipinski definition) is 0. The number of anilines is 1. The molecule has 0 spiro atoms. The van der Waals surface area contributed by atoms with Crippen molar-refractivity contribution in [1.82, 2.24) is 19.8 Å². The maximum Gasteiger partial charge on any atom is 0.225 e. The molecule has 3 aliphatic heterocycles. The summed E-state index contributed by atoms with van der Waals surface area (Å²) in [4.78, 5) is 16.8. The minimum atomic E-state index is 0.233. The second-order valence-corrected chi connectivity index (χ2v) is 7.58. The Labute approximate surface area is 144 Å². The minimum absolute atomic E-state index is 0.233. The summed E-state index contributed by atoms with van der Waals surface area (Å²) in [5.41, 5.74) is 1.14. The lowest BCUT2D eigenvalue weighted by molar-refractivity contribution is -0.00574. The molecule has 0 bridgehead atoms. The van der Waals surface area contributed by atoms with E-state index in [4.69, 9.17) is 9.72 Å². The first kappa shape index (κ1) is 16.2. The lowest BCUT2D eigenvalue weighted by Gasteiger charge is -2.37. The van der Waals surface area contributed by atoms with E-state index in [-0.39, 0.29) is 12.2 Å². The van der Waals surface area contributed by atoms with E-state index in [1.54, 1.807) is 0 Å². The number of aromatic nitrogens is 2. The third kappa shape index (κ3) is 3.55. The Morgan fingerprint density at radius 3 is 2.79 bits per heavy atom. The molecule has 0 N–H and O–H groups in total. The van der Waals surface area contributed by atoms with Gasteiger partial charge in [0.1, 0.15) is 0 Å². The molecule has 3 atom stereocenters. The van der Waals surface area contributed by atoms with Gasteiger partial charge in [-0.2, -0.15) is 0 Å². The number of ether oxygens (including phenoxy) is 1. The van der Waals surface area contributed by atoms with Crippen LogP contribution in [0.1, 0.15) is 32.4 Å². The third-order valence-corrected chi connectivity index (χ3v) is 5.46. The Hall–Kier alpha value is -1.24. The van der Waals surface area contributed by atoms with Crippen molar-refractivity contribution < 1.29 is 4.74 Å². The van der Waals surface area contributed by atoms with Crippen molar-refractivity contribution in [2.24, 2.45) is 0 Å². The van der Waals surface area contributed by atoms with E-state index < -0.39 is 0 Å². The van der Waals surface area contributed by atoms with Gasteiger partial charge in [0.15, 0.2) is 0 Å². The summed E-state index contributed by atoms with van der Waals surface area (Å²) >= 11 is 0. The van der Waals surface area contributed by atoms with E-state index >= 15 is 0 Å². The number of hydrogen-bond acceptors (Lipinski definition) is 6. The highest BCUT2D eigenvalue weighted by Crippen LogP contribution is 2.23. The maximum absolute atomic E-state index is 5.82. The quantitative estimate of drug-likeness (QED) is 0.834. The van der Waals surface area contributed by atoms with E-state index in [1.807, 2.05) is 6.20 Å². The minimum Gasteiger partial charge on any atom is -0.372 e. The van der Waals surface area contributed by atoms with Gasteiger partial charge in [-0.25, -0.2) is 9.97 Å². The number of rotatable bonds is 3. The zero-order valence-electron chi connectivity index (χ0n) is 14.9. The van der Waals surface area contributed by atoms with Crippen molar-refractivity contribution in [3.8, 4) is 0 Å². The molecule has 3 aliphatic rings. The van der Waals surface area contributed by atoms with Crippen LogP contribution in [-0.2, 0) is 11.3 Å². The topological polar surface area (TPSA) is 44.7 Å². The summed E-state index contributed by atoms with van der Waals surface area (Å²) in [6, 6.07) is 2.83. The van der Waals surface area contributed by atoms with Crippen LogP contribution in [0.5, 0.6) is 0 Å². The van der Waals surface area contributed by atoms with Gasteiger partial charge in [-0.1, -0.05) is 0 Å². The fourth-order valence-electron chi connectivity index (χ4n) is 4.39. The van der Waals surface area contributed by atoms with Crippen LogP contribution in [0.25, 0.3) is 0 Å². The van der Waals surface area contributed by atoms with E-state index in [2.05, 4.69) is 39.6 Å². The summed E-state index contributed by atoms with van der Waals surface area (Å²) in [5.74, 6) is 0.856. The van der Waals surface area contributed by atoms with Crippen LogP contribution in [0.15, 0.2) is 12.3 Å². The SMILES string of the molecule is C[C@@H]1CN(c2nccc(CN3CCN4CCC[C@H]4C3)n2)C[C@H](C)O1. The second-order valence-electron chi connectivity index (χ2n) is 7.58. The first-order valence-electron chi connectivity index (χ1n) is 9.36. The van der Waals surface area contributed by atoms with Crippen LogP contribution in [0, 0.1) is 0 Å². The van der Waals surface area contributed by atoms with Gasteiger partial charge in [0.25, 0.3) is 0 Å². The van der Waals surface area contributed by atoms with Crippen LogP contribution >= 0.6 is 0 Å². The smallest absolute Gasteiger partial charge is 0.225 e. The average Bonchev–Trinajstić information content (AvgIpc) is 3.02. The predicted octanol–water partition coefficient (Wildman–Crippen LogP) is 1.37. The lowest BCUT2D eigenvalue weighted by Crippen LogP contribution is -2.49. The average molecular weight is 331 g/mol. The molecule has 0 saturated carbocycles. The zero-order chi connectivity index (χ0) is 16.5. The molecule has 24 heavy (non-hydrogen) atoms. The van der Waals surface area contributed by atoms with E-state index in [1.165, 1.54) is 32.5 Å². The molecule has 6 nitrogen and oxygen atoms in total. The summed E-state index contributed by atoms with van der Waals surface area (Å²) in [6.07, 6.45) is 5.10. The number of morpholine rings is 1. The molecule has 6 heteroatoms. The van der Waals surface area contributed by atoms with Gasteiger partial charge >= 0.3 is 0 Å². The molecule has 3 saturated heterocycles. The zero-order valence-corrected chi connectivity index (χ0v) is 14.9. The summed E-state index contributed by atoms with van der Waals surface area (Å²) in [6.45, 7) is 11.8. The standard InChI is InChI=1S/C18H29N5O/c1-14-10-23(11-15(2)24-14)18-19-6-5-16(20-18)12-21-8-9-22-7-3-4-17(22)13-21/h5-6,14-15,17H,3-4,7-13H2,1-2H3/t14-,15+,17-/m0/s1. The largest absolute Gasteiger partial charge is 0.372 e. The number of fused-ring (bicyclic) bond motifs is 1. The molecule has 0 aromatic carbocycles. The second kappa shape index (κ2) is 6.94. The van der Waals surface area contributed by atoms with Gasteiger partial charge in [0.05, 0.1) is 17.9 Å². The Balaban J connectivity index is 1.41. The highest BCUT2D eigenvalue weighted by molar-refractivity contribution is 5.31. The Morgan fingerprint density at radius 1 is 1.12 bits per heavy atom. The first-order chi connectivity index (χ1) is 11.7. The van der Waals surface area contributed by atoms with Crippen LogP contribution in [0.2, 0.25) is 0 Å². The van der Waals surface area contributed by atoms with Crippen molar-refractivity contribution in [3.63, 3.8) is 0 Å². The van der Waals surface area contributed by atoms with Gasteiger partial charge in [-0.15, -0.1) is 0 Å². The van der Waals surface area contributed by atoms with Gasteiger partial charge in [-0.3, -0.25) is 9.80 Å². The fourth-order valence-corrected chi connectivity index (χ4v) is 4.39. The van der Waals surface area contributed by atoms with Gasteiger partial charge in [-0.05, 0) is 39.3 Å². The molecule has 0 radical (unpaired) electrons. The molecule has 3 fully saturated rings. The van der Waals surface area contributed by atoms with Gasteiger partial charge in [0.2, 0.25) is 5.95 Å². The van der Waals surface area contributed by atoms with Crippen molar-refractivity contribution in [2.75, 3.05) is 44.2 Å². The normalized spacial score (nSPS) is 32.1. The number of nitrogens with zero attached hydrogens (tertiary/aromatic N) is 5. The van der Waals surface area contributed by atoms with Crippen LogP contribution in [0.4, 0.5) is 5.95 Å². The number of piperazine rings is 1. The molecule has 1 aromatic heterocycles. The van der Waals surface area contributed by atoms with Crippen molar-refractivity contribution in [3.05, 3.63) is 18.0 Å². The molecule has 0 unspecified atom stereocenters. The molecular formula is C18H29N5O. The molecule has 1 aromatic rings. The van der Waals surface area contributed by atoms with Crippen LogP contribution < -0.4 is 4.90 Å². The molecule has 4 heterocycles. The molecule has 0 aliphatic carbocycles. The van der Waals surface area contributed by atoms with Crippen molar-refractivity contribution in [1.29, 1.82) is 0 Å². The molecule has 4 rings (SSSR count). The molecule has 0 amide bonds. The van der Waals surface area contributed by atoms with Crippen LogP contribution in [-0.4, -0.2) is 77.3 Å². The van der Waals surface area contributed by atoms with Gasteiger partial charge < -0.3 is 9.64 Å². The Kier molecular flexibility index (Phi) is 4.70. The Morgan fingerprint density at radius 2 is 1.96 bits per heavy atom. The van der Waals surface area contributed by atoms with Gasteiger partial charge in [0, 0.05) is 51.5 Å². The highest BCUT2D eigenvalue weighted by atomic mass is 16.5. The summed E-state index contributed by atoms with van der Waals surface area (Å²) < 4.78 is 5.82. The predicted molar refractivity (Wildman–Crippen MR) is 94.1 cm³/mol. The summed E-state index contributed by atoms with van der Waals surface area (Å²) in [5, 5.41) is 0. The first-order valence-corrected chi connectivity index (χ1v) is 9.36. The monoisotopic (exact) mass is 331 g/mol. The highest BCUT2D eigenvalue weighted by Gasteiger charge is 2.30. The molecule has 132 valence electrons.